The van der Waals surface area contributed by atoms with Crippen molar-refractivity contribution >= 4 is 33.3 Å². The minimum absolute atomic E-state index is 0.0315. The van der Waals surface area contributed by atoms with Crippen LogP contribution in [0.1, 0.15) is 5.69 Å². The van der Waals surface area contributed by atoms with Crippen LogP contribution in [0.2, 0.25) is 0 Å². The molecule has 1 aromatic carbocycles. The normalized spacial score (nSPS) is 11.0. The summed E-state index contributed by atoms with van der Waals surface area (Å²) in [7, 11) is 0. The molecule has 3 heterocycles. The van der Waals surface area contributed by atoms with Gasteiger partial charge in [-0.25, -0.2) is 4.98 Å². The average Bonchev–Trinajstić information content (AvgIpc) is 3.10. The van der Waals surface area contributed by atoms with Gasteiger partial charge in [0.25, 0.3) is 5.56 Å². The zero-order valence-corrected chi connectivity index (χ0v) is 14.3. The molecule has 0 aliphatic heterocycles. The molecule has 0 unspecified atom stereocenters. The lowest BCUT2D eigenvalue weighted by Gasteiger charge is -2.11. The van der Waals surface area contributed by atoms with Gasteiger partial charge in [0.2, 0.25) is 0 Å². The van der Waals surface area contributed by atoms with E-state index < -0.39 is 0 Å². The van der Waals surface area contributed by atoms with Crippen molar-refractivity contribution in [3.63, 3.8) is 0 Å². The number of fused-ring (bicyclic) bond motifs is 1. The summed E-state index contributed by atoms with van der Waals surface area (Å²) in [4.78, 5) is 22.7. The van der Waals surface area contributed by atoms with Crippen molar-refractivity contribution < 1.29 is 0 Å². The van der Waals surface area contributed by atoms with E-state index in [0.29, 0.717) is 16.3 Å². The Labute approximate surface area is 146 Å². The summed E-state index contributed by atoms with van der Waals surface area (Å²) in [6, 6.07) is 17.3. The smallest absolute Gasteiger partial charge is 0.267 e. The van der Waals surface area contributed by atoms with Gasteiger partial charge >= 0.3 is 0 Å². The highest BCUT2D eigenvalue weighted by molar-refractivity contribution is 7.98. The van der Waals surface area contributed by atoms with Crippen molar-refractivity contribution in [1.29, 1.82) is 0 Å². The summed E-state index contributed by atoms with van der Waals surface area (Å²) in [6.07, 6.45) is 1.77. The summed E-state index contributed by atoms with van der Waals surface area (Å²) in [6.45, 7) is 0. The molecule has 4 aromatic rings. The number of hydrogen-bond acceptors (Lipinski definition) is 5. The summed E-state index contributed by atoms with van der Waals surface area (Å²) < 4.78 is 1.68. The third-order valence-corrected chi connectivity index (χ3v) is 5.34. The fraction of sp³-hybridized carbons (Fsp3) is 0.0556. The molecule has 0 N–H and O–H groups in total. The van der Waals surface area contributed by atoms with Crippen molar-refractivity contribution in [3.8, 4) is 5.69 Å². The molecule has 0 aliphatic carbocycles. The van der Waals surface area contributed by atoms with E-state index in [1.807, 2.05) is 60.0 Å². The molecule has 24 heavy (non-hydrogen) atoms. The second-order valence-electron chi connectivity index (χ2n) is 5.12. The topological polar surface area (TPSA) is 47.8 Å². The molecule has 0 fully saturated rings. The van der Waals surface area contributed by atoms with Crippen LogP contribution in [-0.4, -0.2) is 14.5 Å². The molecule has 0 saturated carbocycles. The number of benzene rings is 1. The second kappa shape index (κ2) is 6.59. The van der Waals surface area contributed by atoms with Gasteiger partial charge in [0.1, 0.15) is 4.83 Å². The molecular formula is C18H13N3OS2. The molecule has 0 bridgehead atoms. The van der Waals surface area contributed by atoms with Gasteiger partial charge in [0, 0.05) is 11.9 Å². The number of hydrogen-bond donors (Lipinski definition) is 0. The Hall–Kier alpha value is -2.44. The zero-order chi connectivity index (χ0) is 16.4. The highest BCUT2D eigenvalue weighted by Crippen LogP contribution is 2.25. The van der Waals surface area contributed by atoms with E-state index in [-0.39, 0.29) is 5.56 Å². The summed E-state index contributed by atoms with van der Waals surface area (Å²) in [5, 5.41) is 3.25. The molecule has 4 nitrogen and oxygen atoms in total. The lowest BCUT2D eigenvalue weighted by atomic mass is 10.3. The molecule has 0 saturated heterocycles. The molecule has 0 aliphatic rings. The Morgan fingerprint density at radius 1 is 1.04 bits per heavy atom. The fourth-order valence-electron chi connectivity index (χ4n) is 2.42. The maximum absolute atomic E-state index is 12.9. The molecule has 0 spiro atoms. The van der Waals surface area contributed by atoms with Gasteiger partial charge in [-0.2, -0.15) is 0 Å². The second-order valence-corrected chi connectivity index (χ2v) is 6.96. The van der Waals surface area contributed by atoms with Crippen LogP contribution in [0.15, 0.2) is 76.1 Å². The molecule has 4 rings (SSSR count). The van der Waals surface area contributed by atoms with E-state index in [1.54, 1.807) is 10.8 Å². The first-order chi connectivity index (χ1) is 11.8. The third-order valence-electron chi connectivity index (χ3n) is 3.56. The van der Waals surface area contributed by atoms with Crippen LogP contribution in [0.25, 0.3) is 15.9 Å². The minimum Gasteiger partial charge on any atom is -0.268 e. The van der Waals surface area contributed by atoms with Crippen LogP contribution >= 0.6 is 23.1 Å². The lowest BCUT2D eigenvalue weighted by molar-refractivity contribution is 0.822. The standard InChI is InChI=1S/C18H13N3OS2/c22-17-15-9-11-23-16(15)20-18(21(17)14-7-2-1-3-8-14)24-12-13-6-4-5-10-19-13/h1-11H,12H2. The Morgan fingerprint density at radius 3 is 2.67 bits per heavy atom. The minimum atomic E-state index is -0.0315. The summed E-state index contributed by atoms with van der Waals surface area (Å²) >= 11 is 3.01. The van der Waals surface area contributed by atoms with E-state index in [0.717, 1.165) is 16.2 Å². The Bertz CT molecular complexity index is 1030. The molecule has 118 valence electrons. The Balaban J connectivity index is 1.82. The van der Waals surface area contributed by atoms with Crippen LogP contribution in [0, 0.1) is 0 Å². The maximum atomic E-state index is 12.9. The zero-order valence-electron chi connectivity index (χ0n) is 12.6. The first kappa shape index (κ1) is 15.1. The highest BCUT2D eigenvalue weighted by atomic mass is 32.2. The molecule has 0 amide bonds. The number of pyridine rings is 1. The van der Waals surface area contributed by atoms with Gasteiger partial charge in [-0.15, -0.1) is 11.3 Å². The first-order valence-electron chi connectivity index (χ1n) is 7.41. The highest BCUT2D eigenvalue weighted by Gasteiger charge is 2.14. The van der Waals surface area contributed by atoms with E-state index >= 15 is 0 Å². The van der Waals surface area contributed by atoms with Crippen molar-refractivity contribution in [3.05, 3.63) is 82.2 Å². The van der Waals surface area contributed by atoms with E-state index in [4.69, 9.17) is 4.98 Å². The van der Waals surface area contributed by atoms with Crippen LogP contribution in [0.5, 0.6) is 0 Å². The Kier molecular flexibility index (Phi) is 4.15. The number of para-hydroxylation sites is 1. The van der Waals surface area contributed by atoms with Crippen molar-refractivity contribution in [2.24, 2.45) is 0 Å². The van der Waals surface area contributed by atoms with Gasteiger partial charge in [0.15, 0.2) is 5.16 Å². The van der Waals surface area contributed by atoms with Crippen LogP contribution in [-0.2, 0) is 5.75 Å². The molecule has 0 radical (unpaired) electrons. The fourth-order valence-corrected chi connectivity index (χ4v) is 4.15. The van der Waals surface area contributed by atoms with Gasteiger partial charge in [-0.3, -0.25) is 14.3 Å². The van der Waals surface area contributed by atoms with Crippen LogP contribution in [0.4, 0.5) is 0 Å². The van der Waals surface area contributed by atoms with E-state index in [2.05, 4.69) is 4.98 Å². The lowest BCUT2D eigenvalue weighted by Crippen LogP contribution is -2.21. The van der Waals surface area contributed by atoms with Gasteiger partial charge in [-0.05, 0) is 35.7 Å². The average molecular weight is 351 g/mol. The maximum Gasteiger partial charge on any atom is 0.267 e. The monoisotopic (exact) mass is 351 g/mol. The number of thioether (sulfide) groups is 1. The molecule has 3 aromatic heterocycles. The first-order valence-corrected chi connectivity index (χ1v) is 9.28. The quantitative estimate of drug-likeness (QED) is 0.410. The number of rotatable bonds is 4. The summed E-state index contributed by atoms with van der Waals surface area (Å²) in [5.41, 5.74) is 1.75. The predicted octanol–water partition coefficient (Wildman–Crippen LogP) is 4.13. The predicted molar refractivity (Wildman–Crippen MR) is 99.0 cm³/mol. The molecule has 0 atom stereocenters. The third kappa shape index (κ3) is 2.86. The van der Waals surface area contributed by atoms with Crippen molar-refractivity contribution in [1.82, 2.24) is 14.5 Å². The SMILES string of the molecule is O=c1c2ccsc2nc(SCc2ccccn2)n1-c1ccccc1. The van der Waals surface area contributed by atoms with E-state index in [9.17, 15) is 4.79 Å². The largest absolute Gasteiger partial charge is 0.268 e. The van der Waals surface area contributed by atoms with Gasteiger partial charge < -0.3 is 0 Å². The van der Waals surface area contributed by atoms with Gasteiger partial charge in [-0.1, -0.05) is 36.0 Å². The van der Waals surface area contributed by atoms with Crippen molar-refractivity contribution in [2.75, 3.05) is 0 Å². The molecule has 6 heteroatoms. The number of nitrogens with zero attached hydrogens (tertiary/aromatic N) is 3. The number of aromatic nitrogens is 3. The summed E-state index contributed by atoms with van der Waals surface area (Å²) in [5.74, 6) is 0.664. The van der Waals surface area contributed by atoms with E-state index in [1.165, 1.54) is 23.1 Å². The van der Waals surface area contributed by atoms with Crippen molar-refractivity contribution in [2.45, 2.75) is 10.9 Å². The number of thiophene rings is 1. The Morgan fingerprint density at radius 2 is 1.88 bits per heavy atom. The van der Waals surface area contributed by atoms with Crippen LogP contribution < -0.4 is 5.56 Å². The van der Waals surface area contributed by atoms with Gasteiger partial charge in [0.05, 0.1) is 16.8 Å². The molecular weight excluding hydrogens is 338 g/mol. The van der Waals surface area contributed by atoms with Crippen LogP contribution in [0.3, 0.4) is 0 Å².